The van der Waals surface area contributed by atoms with E-state index < -0.39 is 18.2 Å². The minimum Gasteiger partial charge on any atom is -0.478 e. The first-order chi connectivity index (χ1) is 17.2. The minimum atomic E-state index is -1.73. The molecular weight excluding hydrogens is 464 g/mol. The van der Waals surface area contributed by atoms with Crippen LogP contribution in [0.3, 0.4) is 0 Å². The molecule has 37 heavy (non-hydrogen) atoms. The van der Waals surface area contributed by atoms with Gasteiger partial charge < -0.3 is 14.9 Å². The van der Waals surface area contributed by atoms with Crippen LogP contribution in [0, 0.1) is 39.4 Å². The van der Waals surface area contributed by atoms with Crippen molar-refractivity contribution >= 4 is 11.9 Å². The Morgan fingerprint density at radius 1 is 1.11 bits per heavy atom. The number of aliphatic hydroxyl groups excluding tert-OH is 1. The van der Waals surface area contributed by atoms with E-state index in [0.29, 0.717) is 29.6 Å². The van der Waals surface area contributed by atoms with Gasteiger partial charge in [-0.25, -0.2) is 4.79 Å². The molecule has 2 fully saturated rings. The summed E-state index contributed by atoms with van der Waals surface area (Å²) in [5, 5.41) is 19.5. The van der Waals surface area contributed by atoms with Crippen molar-refractivity contribution in [2.24, 2.45) is 39.4 Å². The van der Waals surface area contributed by atoms with Crippen LogP contribution in [0.4, 0.5) is 0 Å². The van der Waals surface area contributed by atoms with Gasteiger partial charge in [0.2, 0.25) is 6.29 Å². The van der Waals surface area contributed by atoms with Gasteiger partial charge in [0.05, 0.1) is 0 Å². The molecule has 5 nitrogen and oxygen atoms in total. The van der Waals surface area contributed by atoms with Crippen molar-refractivity contribution in [3.63, 3.8) is 0 Å². The molecule has 2 saturated carbocycles. The van der Waals surface area contributed by atoms with E-state index in [2.05, 4.69) is 53.7 Å². The fourth-order valence-corrected chi connectivity index (χ4v) is 9.26. The summed E-state index contributed by atoms with van der Waals surface area (Å²) >= 11 is 0. The van der Waals surface area contributed by atoms with Gasteiger partial charge in [0.1, 0.15) is 5.57 Å². The van der Waals surface area contributed by atoms with E-state index in [1.54, 1.807) is 11.1 Å². The van der Waals surface area contributed by atoms with Crippen LogP contribution in [-0.4, -0.2) is 28.4 Å². The average molecular weight is 513 g/mol. The number of hydrogen-bond acceptors (Lipinski definition) is 4. The van der Waals surface area contributed by atoms with Crippen molar-refractivity contribution in [2.45, 2.75) is 113 Å². The van der Waals surface area contributed by atoms with Crippen LogP contribution in [0.15, 0.2) is 34.9 Å². The van der Waals surface area contributed by atoms with Gasteiger partial charge in [0.25, 0.3) is 0 Å². The number of fused-ring (bicyclic) bond motifs is 5. The molecule has 0 radical (unpaired) electrons. The lowest BCUT2D eigenvalue weighted by Gasteiger charge is -2.60. The summed E-state index contributed by atoms with van der Waals surface area (Å²) in [5.74, 6) is -0.284. The maximum atomic E-state index is 11.6. The maximum Gasteiger partial charge on any atom is 0.337 e. The Bertz CT molecular complexity index is 1030. The van der Waals surface area contributed by atoms with Crippen LogP contribution in [0.5, 0.6) is 0 Å². The van der Waals surface area contributed by atoms with Gasteiger partial charge in [0, 0.05) is 6.92 Å². The quantitative estimate of drug-likeness (QED) is 0.214. The smallest absolute Gasteiger partial charge is 0.337 e. The molecule has 0 aliphatic heterocycles. The summed E-state index contributed by atoms with van der Waals surface area (Å²) in [7, 11) is 0. The topological polar surface area (TPSA) is 83.8 Å². The number of rotatable bonds is 7. The Kier molecular flexibility index (Phi) is 7.38. The zero-order valence-corrected chi connectivity index (χ0v) is 24.0. The van der Waals surface area contributed by atoms with Gasteiger partial charge in [-0.2, -0.15) is 0 Å². The Morgan fingerprint density at radius 2 is 1.81 bits per heavy atom. The molecular formula is C32H48O5. The molecule has 0 heterocycles. The molecule has 2 N–H and O–H groups in total. The average Bonchev–Trinajstić information content (AvgIpc) is 3.06. The van der Waals surface area contributed by atoms with E-state index in [4.69, 9.17) is 4.74 Å². The molecule has 0 aromatic carbocycles. The van der Waals surface area contributed by atoms with Crippen molar-refractivity contribution < 1.29 is 24.5 Å². The van der Waals surface area contributed by atoms with Gasteiger partial charge in [-0.3, -0.25) is 4.79 Å². The Hall–Kier alpha value is -1.88. The van der Waals surface area contributed by atoms with Gasteiger partial charge in [0.15, 0.2) is 0 Å². The third-order valence-corrected chi connectivity index (χ3v) is 11.5. The molecule has 0 saturated heterocycles. The number of carbonyl (C=O) groups is 2. The number of aliphatic hydroxyl groups is 1. The molecule has 4 aliphatic rings. The van der Waals surface area contributed by atoms with E-state index >= 15 is 0 Å². The molecule has 0 spiro atoms. The second-order valence-electron chi connectivity index (χ2n) is 13.9. The molecule has 7 atom stereocenters. The normalized spacial score (nSPS) is 38.3. The highest BCUT2D eigenvalue weighted by molar-refractivity contribution is 5.87. The summed E-state index contributed by atoms with van der Waals surface area (Å²) in [5.41, 5.74) is 4.02. The molecule has 5 heteroatoms. The number of carboxylic acids is 1. The number of allylic oxidation sites excluding steroid dienone is 5. The van der Waals surface area contributed by atoms with Gasteiger partial charge in [-0.05, 0) is 102 Å². The van der Waals surface area contributed by atoms with Crippen LogP contribution in [0.2, 0.25) is 0 Å². The summed E-state index contributed by atoms with van der Waals surface area (Å²) < 4.78 is 4.69. The SMILES string of the molecule is CC(=O)OC(O)C(=CCC[C@@H](C)[C@H]1CC[C@@]2(C)C3=CCC4C(C)(C)CCC[C@]4(C)C3=CC[C@]12C)C(=O)O. The van der Waals surface area contributed by atoms with Crippen LogP contribution < -0.4 is 0 Å². The van der Waals surface area contributed by atoms with E-state index in [-0.39, 0.29) is 21.8 Å². The summed E-state index contributed by atoms with van der Waals surface area (Å²) in [6.07, 6.45) is 15.0. The van der Waals surface area contributed by atoms with Crippen LogP contribution in [-0.2, 0) is 14.3 Å². The zero-order valence-electron chi connectivity index (χ0n) is 24.0. The second kappa shape index (κ2) is 9.70. The van der Waals surface area contributed by atoms with E-state index in [9.17, 15) is 19.8 Å². The largest absolute Gasteiger partial charge is 0.478 e. The molecule has 0 bridgehead atoms. The first kappa shape index (κ1) is 28.1. The first-order valence-corrected chi connectivity index (χ1v) is 14.4. The van der Waals surface area contributed by atoms with E-state index in [0.717, 1.165) is 19.8 Å². The summed E-state index contributed by atoms with van der Waals surface area (Å²) in [6, 6.07) is 0. The van der Waals surface area contributed by atoms with Gasteiger partial charge >= 0.3 is 11.9 Å². The van der Waals surface area contributed by atoms with E-state index in [1.165, 1.54) is 44.6 Å². The lowest BCUT2D eigenvalue weighted by atomic mass is 9.44. The van der Waals surface area contributed by atoms with Gasteiger partial charge in [-0.1, -0.05) is 66.2 Å². The standard InChI is InChI=1S/C32H48O5/c1-20(10-8-11-22(27(34)35)28(36)37-21(2)33)23-14-18-32(7)25-12-13-26-29(3,4)16-9-17-30(26,5)24(25)15-19-31(23,32)6/h11-12,15,20,23,26,28,36H,8-10,13-14,16-19H2,1-7H3,(H,34,35)/t20-,23-,26?,28?,30-,31-,32+/m1/s1. The number of ether oxygens (including phenoxy) is 1. The molecule has 206 valence electrons. The van der Waals surface area contributed by atoms with Crippen molar-refractivity contribution in [1.29, 1.82) is 0 Å². The predicted octanol–water partition coefficient (Wildman–Crippen LogP) is 7.21. The summed E-state index contributed by atoms with van der Waals surface area (Å²) in [4.78, 5) is 22.8. The van der Waals surface area contributed by atoms with Gasteiger partial charge in [-0.15, -0.1) is 0 Å². The highest BCUT2D eigenvalue weighted by atomic mass is 16.6. The number of hydrogen-bond donors (Lipinski definition) is 2. The minimum absolute atomic E-state index is 0.166. The summed E-state index contributed by atoms with van der Waals surface area (Å²) in [6.45, 7) is 16.0. The Balaban J connectivity index is 1.54. The number of carboxylic acid groups (broad SMARTS) is 1. The molecule has 2 unspecified atom stereocenters. The zero-order chi connectivity index (χ0) is 27.4. The predicted molar refractivity (Wildman–Crippen MR) is 145 cm³/mol. The molecule has 4 rings (SSSR count). The number of carbonyl (C=O) groups excluding carboxylic acids is 1. The fraction of sp³-hybridized carbons (Fsp3) is 0.750. The van der Waals surface area contributed by atoms with Crippen molar-refractivity contribution in [3.8, 4) is 0 Å². The first-order valence-electron chi connectivity index (χ1n) is 14.4. The van der Waals surface area contributed by atoms with Crippen LogP contribution in [0.25, 0.3) is 0 Å². The highest BCUT2D eigenvalue weighted by Crippen LogP contribution is 2.71. The Labute approximate surface area is 223 Å². The number of aliphatic carboxylic acids is 1. The van der Waals surface area contributed by atoms with Crippen LogP contribution in [0.1, 0.15) is 106 Å². The third kappa shape index (κ3) is 4.53. The van der Waals surface area contributed by atoms with Crippen molar-refractivity contribution in [3.05, 3.63) is 34.9 Å². The fourth-order valence-electron chi connectivity index (χ4n) is 9.26. The second-order valence-corrected chi connectivity index (χ2v) is 13.9. The molecule has 4 aliphatic carbocycles. The van der Waals surface area contributed by atoms with E-state index in [1.807, 2.05) is 0 Å². The molecule has 0 amide bonds. The monoisotopic (exact) mass is 512 g/mol. The third-order valence-electron chi connectivity index (χ3n) is 11.5. The highest BCUT2D eigenvalue weighted by Gasteiger charge is 2.62. The van der Waals surface area contributed by atoms with Crippen molar-refractivity contribution in [1.82, 2.24) is 0 Å². The molecule has 0 aromatic heterocycles. The Morgan fingerprint density at radius 3 is 2.46 bits per heavy atom. The lowest BCUT2D eigenvalue weighted by Crippen LogP contribution is -2.50. The lowest BCUT2D eigenvalue weighted by molar-refractivity contribution is -0.161. The maximum absolute atomic E-state index is 11.6. The number of esters is 1. The molecule has 0 aromatic rings. The van der Waals surface area contributed by atoms with Crippen LogP contribution >= 0.6 is 0 Å². The van der Waals surface area contributed by atoms with Crippen molar-refractivity contribution in [2.75, 3.05) is 0 Å².